The highest BCUT2D eigenvalue weighted by molar-refractivity contribution is 14.0. The van der Waals surface area contributed by atoms with E-state index in [9.17, 15) is 4.57 Å². The molecule has 0 spiro atoms. The lowest BCUT2D eigenvalue weighted by atomic mass is 10.4. The summed E-state index contributed by atoms with van der Waals surface area (Å²) in [6.07, 6.45) is 0. The molecule has 0 aliphatic carbocycles. The van der Waals surface area contributed by atoms with Gasteiger partial charge in [-0.2, -0.15) is 0 Å². The number of halogens is 2. The Morgan fingerprint density at radius 3 is 1.67 bits per heavy atom. The summed E-state index contributed by atoms with van der Waals surface area (Å²) in [4.78, 5) is 17.2. The zero-order valence-corrected chi connectivity index (χ0v) is 11.5. The molecule has 3 nitrogen and oxygen atoms in total. The fraction of sp³-hybridized carbons (Fsp3) is 0. The lowest BCUT2D eigenvalue weighted by Gasteiger charge is -2.00. The van der Waals surface area contributed by atoms with Gasteiger partial charge in [0, 0.05) is 0 Å². The van der Waals surface area contributed by atoms with Crippen LogP contribution in [-0.4, -0.2) is 9.79 Å². The zero-order valence-electron chi connectivity index (χ0n) is 5.95. The van der Waals surface area contributed by atoms with Crippen molar-refractivity contribution < 1.29 is 14.4 Å². The summed E-state index contributed by atoms with van der Waals surface area (Å²) >= 11 is 0. The minimum absolute atomic E-state index is 0. The van der Waals surface area contributed by atoms with Gasteiger partial charge in [-0.3, -0.25) is 4.57 Å². The minimum atomic E-state index is -4.02. The molecule has 0 radical (unpaired) electrons. The predicted molar refractivity (Wildman–Crippen MR) is 69.0 cm³/mol. The van der Waals surface area contributed by atoms with Gasteiger partial charge in [0.1, 0.15) is 0 Å². The van der Waals surface area contributed by atoms with Crippen molar-refractivity contribution >= 4 is 60.9 Å². The maximum Gasteiger partial charge on any atom is 0.356 e. The zero-order chi connectivity index (χ0) is 7.61. The second kappa shape index (κ2) is 6.31. The van der Waals surface area contributed by atoms with Gasteiger partial charge in [-0.1, -0.05) is 18.2 Å². The lowest BCUT2D eigenvalue weighted by Crippen LogP contribution is -2.01. The topological polar surface area (TPSA) is 57.5 Å². The van der Waals surface area contributed by atoms with Crippen molar-refractivity contribution in [3.8, 4) is 0 Å². The molecule has 0 heterocycles. The number of hydrogen-bond donors (Lipinski definition) is 2. The molecule has 6 heteroatoms. The fourth-order valence-electron chi connectivity index (χ4n) is 0.622. The van der Waals surface area contributed by atoms with E-state index >= 15 is 0 Å². The van der Waals surface area contributed by atoms with E-state index in [2.05, 4.69) is 0 Å². The third-order valence-electron chi connectivity index (χ3n) is 1.09. The van der Waals surface area contributed by atoms with Crippen LogP contribution in [0.25, 0.3) is 0 Å². The standard InChI is InChI=1S/C6H7O3P.2HI/c7-10(8,9)6-4-2-1-3-5-6;;/h1-5H,(H2,7,8,9);2*1H. The smallest absolute Gasteiger partial charge is 0.321 e. The molecule has 0 bridgehead atoms. The van der Waals surface area contributed by atoms with Crippen molar-refractivity contribution in [2.45, 2.75) is 0 Å². The van der Waals surface area contributed by atoms with Crippen LogP contribution in [0.2, 0.25) is 0 Å². The van der Waals surface area contributed by atoms with E-state index in [4.69, 9.17) is 9.79 Å². The molecule has 1 rings (SSSR count). The highest BCUT2D eigenvalue weighted by Crippen LogP contribution is 2.32. The van der Waals surface area contributed by atoms with Crippen LogP contribution in [0.1, 0.15) is 0 Å². The van der Waals surface area contributed by atoms with Crippen LogP contribution in [-0.2, 0) is 4.57 Å². The van der Waals surface area contributed by atoms with Gasteiger partial charge in [-0.25, -0.2) is 0 Å². The molecular formula is C6H9I2O3P. The molecular weight excluding hydrogens is 405 g/mol. The number of benzene rings is 1. The average Bonchev–Trinajstić information content (AvgIpc) is 1.88. The normalized spacial score (nSPS) is 9.50. The fourth-order valence-corrected chi connectivity index (χ4v) is 1.18. The van der Waals surface area contributed by atoms with Crippen LogP contribution in [0.5, 0.6) is 0 Å². The van der Waals surface area contributed by atoms with Gasteiger partial charge in [0.15, 0.2) is 0 Å². The molecule has 1 aromatic carbocycles. The summed E-state index contributed by atoms with van der Waals surface area (Å²) in [6, 6.07) is 7.70. The van der Waals surface area contributed by atoms with Crippen molar-refractivity contribution in [3.63, 3.8) is 0 Å². The van der Waals surface area contributed by atoms with Gasteiger partial charge in [-0.05, 0) is 12.1 Å². The molecule has 1 aromatic rings. The first-order valence-corrected chi connectivity index (χ1v) is 4.33. The van der Waals surface area contributed by atoms with E-state index in [0.717, 1.165) is 0 Å². The molecule has 12 heavy (non-hydrogen) atoms. The molecule has 0 unspecified atom stereocenters. The van der Waals surface area contributed by atoms with E-state index in [1.165, 1.54) is 12.1 Å². The Labute approximate surface area is 105 Å². The van der Waals surface area contributed by atoms with Gasteiger partial charge < -0.3 is 9.79 Å². The average molecular weight is 414 g/mol. The van der Waals surface area contributed by atoms with Gasteiger partial charge in [0.2, 0.25) is 0 Å². The maximum absolute atomic E-state index is 10.5. The van der Waals surface area contributed by atoms with Crippen LogP contribution in [0.4, 0.5) is 0 Å². The molecule has 0 fully saturated rings. The summed E-state index contributed by atoms with van der Waals surface area (Å²) in [7, 11) is -4.02. The summed E-state index contributed by atoms with van der Waals surface area (Å²) < 4.78 is 10.5. The first-order valence-electron chi connectivity index (χ1n) is 2.72. The SMILES string of the molecule is I.I.O=P(O)(O)c1ccccc1. The Bertz CT molecular complexity index is 259. The van der Waals surface area contributed by atoms with Gasteiger partial charge in [-0.15, -0.1) is 48.0 Å². The Balaban J connectivity index is 0. The summed E-state index contributed by atoms with van der Waals surface area (Å²) in [6.45, 7) is 0. The summed E-state index contributed by atoms with van der Waals surface area (Å²) in [5.74, 6) is 0. The van der Waals surface area contributed by atoms with Crippen molar-refractivity contribution in [1.82, 2.24) is 0 Å². The molecule has 0 aromatic heterocycles. The van der Waals surface area contributed by atoms with Gasteiger partial charge in [0.25, 0.3) is 0 Å². The van der Waals surface area contributed by atoms with E-state index in [0.29, 0.717) is 0 Å². The molecule has 70 valence electrons. The van der Waals surface area contributed by atoms with Crippen LogP contribution >= 0.6 is 55.5 Å². The largest absolute Gasteiger partial charge is 0.356 e. The molecule has 0 aliphatic rings. The highest BCUT2D eigenvalue weighted by Gasteiger charge is 2.14. The second-order valence-corrected chi connectivity index (χ2v) is 3.48. The first-order chi connectivity index (χ1) is 4.61. The Morgan fingerprint density at radius 2 is 1.42 bits per heavy atom. The van der Waals surface area contributed by atoms with Gasteiger partial charge in [0.05, 0.1) is 5.30 Å². The van der Waals surface area contributed by atoms with E-state index in [-0.39, 0.29) is 53.3 Å². The van der Waals surface area contributed by atoms with Crippen molar-refractivity contribution in [1.29, 1.82) is 0 Å². The maximum atomic E-state index is 10.5. The second-order valence-electron chi connectivity index (χ2n) is 1.88. The molecule has 0 atom stereocenters. The van der Waals surface area contributed by atoms with Crippen molar-refractivity contribution in [3.05, 3.63) is 30.3 Å². The first kappa shape index (κ1) is 15.3. The molecule has 0 aliphatic heterocycles. The Hall–Kier alpha value is 0.830. The minimum Gasteiger partial charge on any atom is -0.321 e. The van der Waals surface area contributed by atoms with Crippen LogP contribution < -0.4 is 5.30 Å². The number of rotatable bonds is 1. The predicted octanol–water partition coefficient (Wildman–Crippen LogP) is 1.73. The molecule has 2 N–H and O–H groups in total. The van der Waals surface area contributed by atoms with E-state index in [1.54, 1.807) is 18.2 Å². The van der Waals surface area contributed by atoms with E-state index in [1.807, 2.05) is 0 Å². The molecule has 0 amide bonds. The summed E-state index contributed by atoms with van der Waals surface area (Å²) in [5.41, 5.74) is 0. The van der Waals surface area contributed by atoms with Crippen molar-refractivity contribution in [2.24, 2.45) is 0 Å². The van der Waals surface area contributed by atoms with Crippen LogP contribution in [0.15, 0.2) is 30.3 Å². The van der Waals surface area contributed by atoms with Gasteiger partial charge >= 0.3 is 7.60 Å². The molecule has 0 saturated carbocycles. The van der Waals surface area contributed by atoms with Crippen LogP contribution in [0.3, 0.4) is 0 Å². The van der Waals surface area contributed by atoms with E-state index < -0.39 is 7.60 Å². The Morgan fingerprint density at radius 1 is 1.00 bits per heavy atom. The highest BCUT2D eigenvalue weighted by atomic mass is 127. The number of hydrogen-bond acceptors (Lipinski definition) is 1. The lowest BCUT2D eigenvalue weighted by molar-refractivity contribution is 0.387. The summed E-state index contributed by atoms with van der Waals surface area (Å²) in [5, 5.41) is 0.0648. The molecule has 0 saturated heterocycles. The van der Waals surface area contributed by atoms with Crippen molar-refractivity contribution in [2.75, 3.05) is 0 Å². The Kier molecular flexibility index (Phi) is 8.05. The van der Waals surface area contributed by atoms with Crippen LogP contribution in [0, 0.1) is 0 Å². The third-order valence-corrected chi connectivity index (χ3v) is 2.06. The monoisotopic (exact) mass is 414 g/mol. The quantitative estimate of drug-likeness (QED) is 0.544. The third kappa shape index (κ3) is 4.76.